The van der Waals surface area contributed by atoms with Gasteiger partial charge < -0.3 is 10.2 Å². The zero-order valence-corrected chi connectivity index (χ0v) is 14.2. The third-order valence-corrected chi connectivity index (χ3v) is 5.73. The Morgan fingerprint density at radius 2 is 2.00 bits per heavy atom. The molecule has 2 fully saturated rings. The van der Waals surface area contributed by atoms with Gasteiger partial charge in [0.15, 0.2) is 5.69 Å². The highest BCUT2D eigenvalue weighted by molar-refractivity contribution is 5.94. The number of piperazine rings is 1. The van der Waals surface area contributed by atoms with Gasteiger partial charge >= 0.3 is 0 Å². The molecular formula is C17H27N5O. The fraction of sp³-hybridized carbons (Fsp3) is 0.765. The first-order chi connectivity index (χ1) is 11.1. The number of fused-ring (bicyclic) bond motifs is 2. The Kier molecular flexibility index (Phi) is 3.89. The molecule has 0 aromatic carbocycles. The van der Waals surface area contributed by atoms with E-state index in [1.54, 1.807) is 0 Å². The molecule has 6 nitrogen and oxygen atoms in total. The molecule has 2 atom stereocenters. The van der Waals surface area contributed by atoms with Crippen LogP contribution in [-0.4, -0.2) is 70.8 Å². The summed E-state index contributed by atoms with van der Waals surface area (Å²) in [6.07, 6.45) is 5.49. The van der Waals surface area contributed by atoms with E-state index in [4.69, 9.17) is 0 Å². The lowest BCUT2D eigenvalue weighted by atomic mass is 9.95. The van der Waals surface area contributed by atoms with E-state index in [-0.39, 0.29) is 11.9 Å². The summed E-state index contributed by atoms with van der Waals surface area (Å²) >= 11 is 0. The number of nitrogens with one attached hydrogen (secondary N) is 1. The van der Waals surface area contributed by atoms with Crippen LogP contribution in [0.4, 0.5) is 0 Å². The molecule has 1 amide bonds. The van der Waals surface area contributed by atoms with E-state index in [1.807, 2.05) is 11.7 Å². The predicted molar refractivity (Wildman–Crippen MR) is 88.6 cm³/mol. The van der Waals surface area contributed by atoms with Crippen molar-refractivity contribution in [1.82, 2.24) is 24.9 Å². The maximum absolute atomic E-state index is 12.7. The number of hydrogen-bond donors (Lipinski definition) is 1. The summed E-state index contributed by atoms with van der Waals surface area (Å²) in [4.78, 5) is 17.7. The van der Waals surface area contributed by atoms with E-state index in [9.17, 15) is 4.79 Å². The highest BCUT2D eigenvalue weighted by Gasteiger charge is 2.36. The van der Waals surface area contributed by atoms with Crippen LogP contribution in [0.15, 0.2) is 0 Å². The van der Waals surface area contributed by atoms with Crippen LogP contribution in [0.3, 0.4) is 0 Å². The summed E-state index contributed by atoms with van der Waals surface area (Å²) in [7, 11) is 4.15. The Labute approximate surface area is 137 Å². The maximum atomic E-state index is 12.7. The second-order valence-electron chi connectivity index (χ2n) is 7.42. The number of carbonyl (C=O) groups excluding carboxylic acids is 1. The molecule has 4 rings (SSSR count). The van der Waals surface area contributed by atoms with Crippen molar-refractivity contribution >= 4 is 5.91 Å². The van der Waals surface area contributed by atoms with Crippen molar-refractivity contribution < 1.29 is 4.79 Å². The van der Waals surface area contributed by atoms with Crippen LogP contribution in [0.2, 0.25) is 0 Å². The molecule has 2 aliphatic heterocycles. The average Bonchev–Trinajstić information content (AvgIpc) is 3.08. The molecule has 0 bridgehead atoms. The number of nitrogens with zero attached hydrogens (tertiary/aromatic N) is 4. The Hall–Kier alpha value is -1.40. The minimum atomic E-state index is 0.0296. The van der Waals surface area contributed by atoms with Crippen LogP contribution >= 0.6 is 0 Å². The number of amides is 1. The van der Waals surface area contributed by atoms with Crippen molar-refractivity contribution in [2.75, 3.05) is 33.2 Å². The third kappa shape index (κ3) is 2.78. The minimum absolute atomic E-state index is 0.0296. The summed E-state index contributed by atoms with van der Waals surface area (Å²) in [5, 5.41) is 7.77. The van der Waals surface area contributed by atoms with Gasteiger partial charge in [-0.3, -0.25) is 14.4 Å². The van der Waals surface area contributed by atoms with E-state index in [2.05, 4.69) is 27.3 Å². The molecule has 1 N–H and O–H groups in total. The summed E-state index contributed by atoms with van der Waals surface area (Å²) in [6.45, 7) is 4.35. The van der Waals surface area contributed by atoms with Crippen LogP contribution in [0.5, 0.6) is 0 Å². The molecule has 3 aliphatic rings. The summed E-state index contributed by atoms with van der Waals surface area (Å²) < 4.78 is 1.91. The van der Waals surface area contributed by atoms with Crippen LogP contribution < -0.4 is 5.32 Å². The normalized spacial score (nSPS) is 28.4. The van der Waals surface area contributed by atoms with Gasteiger partial charge in [-0.05, 0) is 39.2 Å². The van der Waals surface area contributed by atoms with Crippen molar-refractivity contribution in [3.63, 3.8) is 0 Å². The lowest BCUT2D eigenvalue weighted by Crippen LogP contribution is -2.48. The molecule has 0 saturated carbocycles. The zero-order valence-electron chi connectivity index (χ0n) is 14.2. The molecule has 23 heavy (non-hydrogen) atoms. The fourth-order valence-electron chi connectivity index (χ4n) is 4.51. The van der Waals surface area contributed by atoms with Crippen LogP contribution in [-0.2, 0) is 19.9 Å². The maximum Gasteiger partial charge on any atom is 0.272 e. The van der Waals surface area contributed by atoms with Crippen molar-refractivity contribution in [2.24, 2.45) is 7.05 Å². The highest BCUT2D eigenvalue weighted by Crippen LogP contribution is 2.25. The van der Waals surface area contributed by atoms with Crippen molar-refractivity contribution in [3.8, 4) is 0 Å². The van der Waals surface area contributed by atoms with E-state index in [0.717, 1.165) is 45.4 Å². The van der Waals surface area contributed by atoms with Gasteiger partial charge in [0.2, 0.25) is 0 Å². The fourth-order valence-corrected chi connectivity index (χ4v) is 4.51. The molecule has 1 aromatic rings. The summed E-state index contributed by atoms with van der Waals surface area (Å²) in [6, 6.07) is 0.858. The van der Waals surface area contributed by atoms with Crippen LogP contribution in [0, 0.1) is 0 Å². The van der Waals surface area contributed by atoms with Crippen molar-refractivity contribution in [1.29, 1.82) is 0 Å². The van der Waals surface area contributed by atoms with Gasteiger partial charge in [-0.25, -0.2) is 0 Å². The van der Waals surface area contributed by atoms with Crippen molar-refractivity contribution in [2.45, 2.75) is 44.2 Å². The number of likely N-dealkylation sites (N-methyl/N-ethyl adjacent to an activating group) is 1. The molecule has 1 aliphatic carbocycles. The minimum Gasteiger partial charge on any atom is -0.347 e. The van der Waals surface area contributed by atoms with E-state index < -0.39 is 0 Å². The van der Waals surface area contributed by atoms with E-state index in [1.165, 1.54) is 24.1 Å². The lowest BCUT2D eigenvalue weighted by Gasteiger charge is -2.34. The second-order valence-corrected chi connectivity index (χ2v) is 7.42. The first-order valence-electron chi connectivity index (χ1n) is 8.90. The van der Waals surface area contributed by atoms with Crippen LogP contribution in [0.25, 0.3) is 0 Å². The molecule has 126 valence electrons. The topological polar surface area (TPSA) is 53.4 Å². The standard InChI is InChI=1S/C17H27N5O/c1-20-7-8-22-10-12(9-13(22)11-20)18-17(23)16-14-5-3-4-6-15(14)21(2)19-16/h12-13H,3-11H2,1-2H3,(H,18,23)/t12-,13-/m0/s1. The molecule has 3 heterocycles. The third-order valence-electron chi connectivity index (χ3n) is 5.73. The van der Waals surface area contributed by atoms with Gasteiger partial charge in [0.05, 0.1) is 0 Å². The SMILES string of the molecule is CN1CCN2C[C@@H](NC(=O)c3nn(C)c4c3CCCC4)C[C@H]2C1. The zero-order chi connectivity index (χ0) is 16.0. The Morgan fingerprint density at radius 1 is 1.17 bits per heavy atom. The van der Waals surface area contributed by atoms with Gasteiger partial charge in [0.25, 0.3) is 5.91 Å². The number of carbonyl (C=O) groups is 1. The molecule has 2 saturated heterocycles. The van der Waals surface area contributed by atoms with Crippen LogP contribution in [0.1, 0.15) is 41.0 Å². The number of aromatic nitrogens is 2. The first kappa shape index (κ1) is 15.1. The quantitative estimate of drug-likeness (QED) is 0.859. The van der Waals surface area contributed by atoms with Gasteiger partial charge in [-0.1, -0.05) is 0 Å². The summed E-state index contributed by atoms with van der Waals surface area (Å²) in [5.74, 6) is 0.0296. The molecular weight excluding hydrogens is 290 g/mol. The predicted octanol–water partition coefficient (Wildman–Crippen LogP) is 0.417. The van der Waals surface area contributed by atoms with Crippen molar-refractivity contribution in [3.05, 3.63) is 17.0 Å². The molecule has 0 unspecified atom stereocenters. The molecule has 0 spiro atoms. The number of aryl methyl sites for hydroxylation is 1. The largest absolute Gasteiger partial charge is 0.347 e. The lowest BCUT2D eigenvalue weighted by molar-refractivity contribution is 0.0930. The Balaban J connectivity index is 1.45. The van der Waals surface area contributed by atoms with Gasteiger partial charge in [-0.15, -0.1) is 0 Å². The highest BCUT2D eigenvalue weighted by atomic mass is 16.2. The first-order valence-corrected chi connectivity index (χ1v) is 8.90. The Morgan fingerprint density at radius 3 is 2.87 bits per heavy atom. The summed E-state index contributed by atoms with van der Waals surface area (Å²) in [5.41, 5.74) is 3.11. The van der Waals surface area contributed by atoms with Gasteiger partial charge in [-0.2, -0.15) is 5.10 Å². The van der Waals surface area contributed by atoms with E-state index >= 15 is 0 Å². The smallest absolute Gasteiger partial charge is 0.272 e. The van der Waals surface area contributed by atoms with Gasteiger partial charge in [0.1, 0.15) is 0 Å². The number of hydrogen-bond acceptors (Lipinski definition) is 4. The van der Waals surface area contributed by atoms with Gasteiger partial charge in [0, 0.05) is 56.6 Å². The average molecular weight is 317 g/mol. The monoisotopic (exact) mass is 317 g/mol. The van der Waals surface area contributed by atoms with E-state index in [0.29, 0.717) is 11.7 Å². The molecule has 0 radical (unpaired) electrons. The second kappa shape index (κ2) is 5.91. The molecule has 6 heteroatoms. The molecule has 1 aromatic heterocycles. The number of rotatable bonds is 2. The Bertz CT molecular complexity index is 610.